The van der Waals surface area contributed by atoms with Gasteiger partial charge in [-0.2, -0.15) is 0 Å². The van der Waals surface area contributed by atoms with E-state index in [1.54, 1.807) is 62.4 Å². The van der Waals surface area contributed by atoms with E-state index < -0.39 is 53.9 Å². The number of carbonyl (C=O) groups excluding carboxylic acids is 4. The van der Waals surface area contributed by atoms with Crippen molar-refractivity contribution in [2.45, 2.75) is 64.7 Å². The van der Waals surface area contributed by atoms with Crippen LogP contribution in [0.25, 0.3) is 0 Å². The van der Waals surface area contributed by atoms with Gasteiger partial charge in [-0.3, -0.25) is 19.3 Å². The molecule has 0 saturated carbocycles. The highest BCUT2D eigenvalue weighted by molar-refractivity contribution is 6.02. The van der Waals surface area contributed by atoms with Gasteiger partial charge in [-0.15, -0.1) is 0 Å². The number of para-hydroxylation sites is 2. The van der Waals surface area contributed by atoms with Gasteiger partial charge in [0.15, 0.2) is 0 Å². The molecule has 0 bridgehead atoms. The molecule has 0 spiro atoms. The summed E-state index contributed by atoms with van der Waals surface area (Å²) in [6.07, 6.45) is 0.967. The second-order valence-electron chi connectivity index (χ2n) is 10.2. The molecule has 4 N–H and O–H groups in total. The lowest BCUT2D eigenvalue weighted by Crippen LogP contribution is -2.57. The quantitative estimate of drug-likeness (QED) is 0.357. The Balaban J connectivity index is 1.63. The number of carboxylic acid groups (broad SMARTS) is 1. The SMILES string of the molecule is CC(C)[C@H](NC(=O)[C@H]1CCCN1C(=O)[C@H](C)NC(=O)[C@H](C)NC(=O)N(c1ccccc1)c1ccccc1)C(=O)O. The first-order valence-electron chi connectivity index (χ1n) is 13.4. The number of urea groups is 1. The molecule has 1 fully saturated rings. The maximum atomic E-state index is 13.3. The van der Waals surface area contributed by atoms with Crippen molar-refractivity contribution in [1.82, 2.24) is 20.9 Å². The van der Waals surface area contributed by atoms with Gasteiger partial charge >= 0.3 is 12.0 Å². The molecule has 0 aromatic heterocycles. The van der Waals surface area contributed by atoms with Crippen LogP contribution in [-0.4, -0.2) is 70.4 Å². The molecule has 2 aromatic rings. The van der Waals surface area contributed by atoms with Gasteiger partial charge in [0, 0.05) is 6.54 Å². The molecular weight excluding hydrogens is 514 g/mol. The first-order chi connectivity index (χ1) is 19.0. The molecule has 0 radical (unpaired) electrons. The maximum Gasteiger partial charge on any atom is 0.327 e. The van der Waals surface area contributed by atoms with Crippen LogP contribution in [0, 0.1) is 5.92 Å². The number of hydrogen-bond donors (Lipinski definition) is 4. The van der Waals surface area contributed by atoms with E-state index >= 15 is 0 Å². The summed E-state index contributed by atoms with van der Waals surface area (Å²) in [4.78, 5) is 66.6. The lowest BCUT2D eigenvalue weighted by Gasteiger charge is -2.29. The Kier molecular flexibility index (Phi) is 10.2. The number of nitrogens with zero attached hydrogens (tertiary/aromatic N) is 2. The monoisotopic (exact) mass is 551 g/mol. The van der Waals surface area contributed by atoms with E-state index in [0.717, 1.165) is 0 Å². The van der Waals surface area contributed by atoms with Crippen LogP contribution in [0.4, 0.5) is 16.2 Å². The number of carboxylic acids is 1. The van der Waals surface area contributed by atoms with E-state index in [9.17, 15) is 29.1 Å². The number of anilines is 2. The van der Waals surface area contributed by atoms with Gasteiger partial charge in [0.1, 0.15) is 24.2 Å². The number of benzene rings is 2. The predicted octanol–water partition coefficient (Wildman–Crippen LogP) is 2.64. The third-order valence-corrected chi connectivity index (χ3v) is 6.76. The van der Waals surface area contributed by atoms with Crippen LogP contribution in [0.5, 0.6) is 0 Å². The number of hydrogen-bond acceptors (Lipinski definition) is 5. The summed E-state index contributed by atoms with van der Waals surface area (Å²) in [7, 11) is 0. The van der Waals surface area contributed by atoms with Gasteiger partial charge in [-0.05, 0) is 56.9 Å². The molecule has 40 heavy (non-hydrogen) atoms. The van der Waals surface area contributed by atoms with E-state index in [-0.39, 0.29) is 5.92 Å². The topological polar surface area (TPSA) is 148 Å². The van der Waals surface area contributed by atoms with Crippen molar-refractivity contribution in [3.63, 3.8) is 0 Å². The third-order valence-electron chi connectivity index (χ3n) is 6.76. The van der Waals surface area contributed by atoms with E-state index in [0.29, 0.717) is 30.8 Å². The van der Waals surface area contributed by atoms with Crippen molar-refractivity contribution in [3.8, 4) is 0 Å². The fourth-order valence-electron chi connectivity index (χ4n) is 4.57. The highest BCUT2D eigenvalue weighted by Crippen LogP contribution is 2.25. The van der Waals surface area contributed by atoms with Crippen LogP contribution in [0.3, 0.4) is 0 Å². The third kappa shape index (κ3) is 7.37. The minimum Gasteiger partial charge on any atom is -0.480 e. The fraction of sp³-hybridized carbons (Fsp3) is 0.414. The van der Waals surface area contributed by atoms with Crippen molar-refractivity contribution >= 4 is 41.1 Å². The number of aliphatic carboxylic acids is 1. The number of rotatable bonds is 10. The summed E-state index contributed by atoms with van der Waals surface area (Å²) >= 11 is 0. The summed E-state index contributed by atoms with van der Waals surface area (Å²) in [5.41, 5.74) is 1.23. The fourth-order valence-corrected chi connectivity index (χ4v) is 4.57. The lowest BCUT2D eigenvalue weighted by atomic mass is 10.0. The van der Waals surface area contributed by atoms with Crippen LogP contribution in [0.15, 0.2) is 60.7 Å². The average Bonchev–Trinajstić information content (AvgIpc) is 3.42. The largest absolute Gasteiger partial charge is 0.480 e. The summed E-state index contributed by atoms with van der Waals surface area (Å²) in [5.74, 6) is -3.04. The Morgan fingerprint density at radius 3 is 1.88 bits per heavy atom. The van der Waals surface area contributed by atoms with Gasteiger partial charge in [0.2, 0.25) is 17.7 Å². The number of carbonyl (C=O) groups is 5. The normalized spacial score (nSPS) is 16.9. The summed E-state index contributed by atoms with van der Waals surface area (Å²) < 4.78 is 0. The molecule has 3 rings (SSSR count). The van der Waals surface area contributed by atoms with Crippen LogP contribution in [0.2, 0.25) is 0 Å². The summed E-state index contributed by atoms with van der Waals surface area (Å²) in [5, 5.41) is 17.2. The minimum atomic E-state index is -1.14. The van der Waals surface area contributed by atoms with Crippen LogP contribution in [0.1, 0.15) is 40.5 Å². The highest BCUT2D eigenvalue weighted by atomic mass is 16.4. The first-order valence-corrected chi connectivity index (χ1v) is 13.4. The highest BCUT2D eigenvalue weighted by Gasteiger charge is 2.38. The first kappa shape index (κ1) is 30.1. The Morgan fingerprint density at radius 2 is 1.38 bits per heavy atom. The lowest BCUT2D eigenvalue weighted by molar-refractivity contribution is -0.145. The molecule has 0 aliphatic carbocycles. The molecule has 0 unspecified atom stereocenters. The Labute approximate surface area is 233 Å². The standard InChI is InChI=1S/C29H37N5O6/c1-18(2)24(28(38)39)32-26(36)23-16-11-17-33(23)27(37)20(4)30-25(35)19(3)31-29(40)34(21-12-7-5-8-13-21)22-14-9-6-10-15-22/h5-10,12-15,18-20,23-24H,11,16-17H2,1-4H3,(H,30,35)(H,31,40)(H,32,36)(H,38,39)/t19-,20-,23+,24-/m0/s1. The van der Waals surface area contributed by atoms with Crippen molar-refractivity contribution in [2.24, 2.45) is 5.92 Å². The van der Waals surface area contributed by atoms with Crippen LogP contribution >= 0.6 is 0 Å². The molecule has 1 heterocycles. The number of likely N-dealkylation sites (tertiary alicyclic amines) is 1. The van der Waals surface area contributed by atoms with E-state index in [1.807, 2.05) is 12.1 Å². The van der Waals surface area contributed by atoms with Crippen LogP contribution < -0.4 is 20.9 Å². The van der Waals surface area contributed by atoms with Gasteiger partial charge in [-0.25, -0.2) is 9.59 Å². The van der Waals surface area contributed by atoms with Crippen molar-refractivity contribution in [2.75, 3.05) is 11.4 Å². The molecule has 1 aliphatic rings. The van der Waals surface area contributed by atoms with Crippen molar-refractivity contribution < 1.29 is 29.1 Å². The molecular formula is C29H37N5O6. The summed E-state index contributed by atoms with van der Waals surface area (Å²) in [6.45, 7) is 6.71. The Morgan fingerprint density at radius 1 is 0.825 bits per heavy atom. The Hall–Kier alpha value is -4.41. The smallest absolute Gasteiger partial charge is 0.327 e. The number of amides is 5. The molecule has 11 heteroatoms. The van der Waals surface area contributed by atoms with Gasteiger partial charge in [0.05, 0.1) is 11.4 Å². The van der Waals surface area contributed by atoms with Crippen molar-refractivity contribution in [1.29, 1.82) is 0 Å². The molecule has 214 valence electrons. The zero-order chi connectivity index (χ0) is 29.4. The zero-order valence-electron chi connectivity index (χ0n) is 23.2. The van der Waals surface area contributed by atoms with Crippen molar-refractivity contribution in [3.05, 3.63) is 60.7 Å². The van der Waals surface area contributed by atoms with Crippen LogP contribution in [-0.2, 0) is 19.2 Å². The molecule has 11 nitrogen and oxygen atoms in total. The van der Waals surface area contributed by atoms with Gasteiger partial charge < -0.3 is 26.0 Å². The van der Waals surface area contributed by atoms with E-state index in [2.05, 4.69) is 16.0 Å². The van der Waals surface area contributed by atoms with Gasteiger partial charge in [0.25, 0.3) is 0 Å². The number of nitrogens with one attached hydrogen (secondary N) is 3. The maximum absolute atomic E-state index is 13.3. The predicted molar refractivity (Wildman–Crippen MR) is 150 cm³/mol. The second kappa shape index (κ2) is 13.6. The van der Waals surface area contributed by atoms with E-state index in [4.69, 9.17) is 0 Å². The molecule has 1 aliphatic heterocycles. The Bertz CT molecular complexity index is 1170. The van der Waals surface area contributed by atoms with Gasteiger partial charge in [-0.1, -0.05) is 50.2 Å². The zero-order valence-corrected chi connectivity index (χ0v) is 23.2. The molecule has 5 amide bonds. The molecule has 1 saturated heterocycles. The molecule has 2 aromatic carbocycles. The summed E-state index contributed by atoms with van der Waals surface area (Å²) in [6, 6.07) is 13.6. The molecule has 4 atom stereocenters. The minimum absolute atomic E-state index is 0.311. The van der Waals surface area contributed by atoms with E-state index in [1.165, 1.54) is 23.6 Å². The average molecular weight is 552 g/mol. The second-order valence-corrected chi connectivity index (χ2v) is 10.2.